The molecule has 0 aliphatic carbocycles. The van der Waals surface area contributed by atoms with Crippen molar-refractivity contribution in [2.45, 2.75) is 26.4 Å². The van der Waals surface area contributed by atoms with E-state index < -0.39 is 0 Å². The van der Waals surface area contributed by atoms with E-state index in [0.717, 1.165) is 34.1 Å². The third-order valence-electron chi connectivity index (χ3n) is 3.01. The second-order valence-electron chi connectivity index (χ2n) is 4.54. The number of carbonyl (C=O) groups is 1. The number of hydrogen-bond acceptors (Lipinski definition) is 4. The number of anilines is 1. The summed E-state index contributed by atoms with van der Waals surface area (Å²) in [6.45, 7) is 2.43. The number of aromatic nitrogens is 1. The number of benzene rings is 1. The molecule has 1 aliphatic rings. The number of nitrogens with one attached hydrogen (secondary N) is 1. The number of carbonyl (C=O) groups excluding carboxylic acids is 1. The maximum absolute atomic E-state index is 11.4. The van der Waals surface area contributed by atoms with Crippen LogP contribution in [-0.4, -0.2) is 10.9 Å². The third kappa shape index (κ3) is 2.76. The highest BCUT2D eigenvalue weighted by molar-refractivity contribution is 7.09. The monoisotopic (exact) mass is 274 g/mol. The Morgan fingerprint density at radius 1 is 1.42 bits per heavy atom. The number of rotatable bonds is 3. The van der Waals surface area contributed by atoms with Crippen LogP contribution in [-0.2, 0) is 17.8 Å². The van der Waals surface area contributed by atoms with E-state index in [1.54, 1.807) is 11.3 Å². The molecule has 0 spiro atoms. The van der Waals surface area contributed by atoms with Gasteiger partial charge in [0.2, 0.25) is 5.91 Å². The molecule has 0 atom stereocenters. The Hall–Kier alpha value is -1.88. The van der Waals surface area contributed by atoms with Crippen molar-refractivity contribution in [1.29, 1.82) is 0 Å². The molecule has 4 nitrogen and oxygen atoms in total. The van der Waals surface area contributed by atoms with Gasteiger partial charge in [0, 0.05) is 29.2 Å². The van der Waals surface area contributed by atoms with E-state index in [-0.39, 0.29) is 5.91 Å². The summed E-state index contributed by atoms with van der Waals surface area (Å²) in [5.74, 6) is 0.828. The van der Waals surface area contributed by atoms with Gasteiger partial charge in [-0.2, -0.15) is 0 Å². The second-order valence-corrected chi connectivity index (χ2v) is 5.48. The summed E-state index contributed by atoms with van der Waals surface area (Å²) >= 11 is 1.59. The summed E-state index contributed by atoms with van der Waals surface area (Å²) in [6, 6.07) is 5.83. The quantitative estimate of drug-likeness (QED) is 0.936. The molecule has 1 aromatic heterocycles. The van der Waals surface area contributed by atoms with Crippen molar-refractivity contribution in [2.75, 3.05) is 5.32 Å². The number of ether oxygens (including phenoxy) is 1. The SMILES string of the molecule is Cc1csc(COc2ccc3c(c2)NC(=O)CC3)n1. The zero-order chi connectivity index (χ0) is 13.2. The van der Waals surface area contributed by atoms with Gasteiger partial charge in [-0.3, -0.25) is 4.79 Å². The lowest BCUT2D eigenvalue weighted by atomic mass is 10.0. The molecule has 2 aromatic rings. The largest absolute Gasteiger partial charge is 0.486 e. The number of hydrogen-bond donors (Lipinski definition) is 1. The first-order valence-corrected chi connectivity index (χ1v) is 7.05. The fourth-order valence-corrected chi connectivity index (χ4v) is 2.74. The molecular weight excluding hydrogens is 260 g/mol. The molecule has 0 fully saturated rings. The van der Waals surface area contributed by atoms with Gasteiger partial charge in [-0.15, -0.1) is 11.3 Å². The molecule has 0 bridgehead atoms. The average molecular weight is 274 g/mol. The number of nitrogens with zero attached hydrogens (tertiary/aromatic N) is 1. The van der Waals surface area contributed by atoms with E-state index in [1.807, 2.05) is 30.5 Å². The standard InChI is InChI=1S/C14H14N2O2S/c1-9-8-19-14(15-9)7-18-11-4-2-10-3-5-13(17)16-12(10)6-11/h2,4,6,8H,3,5,7H2,1H3,(H,16,17). The first-order chi connectivity index (χ1) is 9.20. The Bertz CT molecular complexity index is 622. The maximum Gasteiger partial charge on any atom is 0.224 e. The van der Waals surface area contributed by atoms with Gasteiger partial charge in [-0.05, 0) is 25.0 Å². The first-order valence-electron chi connectivity index (χ1n) is 6.17. The molecule has 2 heterocycles. The fourth-order valence-electron chi connectivity index (χ4n) is 2.05. The van der Waals surface area contributed by atoms with E-state index in [0.29, 0.717) is 13.0 Å². The van der Waals surface area contributed by atoms with Crippen LogP contribution in [0.15, 0.2) is 23.6 Å². The predicted molar refractivity (Wildman–Crippen MR) is 74.6 cm³/mol. The van der Waals surface area contributed by atoms with Crippen molar-refractivity contribution in [3.63, 3.8) is 0 Å². The summed E-state index contributed by atoms with van der Waals surface area (Å²) < 4.78 is 5.70. The minimum atomic E-state index is 0.0696. The number of amides is 1. The van der Waals surface area contributed by atoms with Crippen LogP contribution in [0.2, 0.25) is 0 Å². The summed E-state index contributed by atoms with van der Waals surface area (Å²) in [5, 5.41) is 5.83. The smallest absolute Gasteiger partial charge is 0.224 e. The second kappa shape index (κ2) is 5.01. The molecule has 1 amide bonds. The van der Waals surface area contributed by atoms with Crippen LogP contribution < -0.4 is 10.1 Å². The van der Waals surface area contributed by atoms with E-state index in [9.17, 15) is 4.79 Å². The molecule has 98 valence electrons. The molecule has 1 aromatic carbocycles. The van der Waals surface area contributed by atoms with Gasteiger partial charge in [-0.1, -0.05) is 6.07 Å². The maximum atomic E-state index is 11.4. The van der Waals surface area contributed by atoms with Crippen LogP contribution in [0.25, 0.3) is 0 Å². The van der Waals surface area contributed by atoms with Gasteiger partial charge in [0.25, 0.3) is 0 Å². The average Bonchev–Trinajstić information content (AvgIpc) is 2.81. The van der Waals surface area contributed by atoms with Crippen molar-refractivity contribution in [3.05, 3.63) is 39.8 Å². The van der Waals surface area contributed by atoms with Crippen LogP contribution in [0.5, 0.6) is 5.75 Å². The van der Waals surface area contributed by atoms with Crippen molar-refractivity contribution >= 4 is 22.9 Å². The molecule has 19 heavy (non-hydrogen) atoms. The molecule has 0 saturated heterocycles. The molecular formula is C14H14N2O2S. The van der Waals surface area contributed by atoms with Crippen LogP contribution in [0.1, 0.15) is 22.7 Å². The van der Waals surface area contributed by atoms with Gasteiger partial charge in [0.1, 0.15) is 17.4 Å². The van der Waals surface area contributed by atoms with E-state index in [4.69, 9.17) is 4.74 Å². The molecule has 0 unspecified atom stereocenters. The van der Waals surface area contributed by atoms with Crippen molar-refractivity contribution in [1.82, 2.24) is 4.98 Å². The fraction of sp³-hybridized carbons (Fsp3) is 0.286. The van der Waals surface area contributed by atoms with Gasteiger partial charge in [0.05, 0.1) is 0 Å². The van der Waals surface area contributed by atoms with Gasteiger partial charge >= 0.3 is 0 Å². The highest BCUT2D eigenvalue weighted by Gasteiger charge is 2.15. The van der Waals surface area contributed by atoms with Crippen LogP contribution >= 0.6 is 11.3 Å². The van der Waals surface area contributed by atoms with E-state index >= 15 is 0 Å². The van der Waals surface area contributed by atoms with Gasteiger partial charge in [-0.25, -0.2) is 4.98 Å². The summed E-state index contributed by atoms with van der Waals surface area (Å²) in [7, 11) is 0. The summed E-state index contributed by atoms with van der Waals surface area (Å²) in [4.78, 5) is 15.7. The zero-order valence-corrected chi connectivity index (χ0v) is 11.4. The Labute approximate surface area is 115 Å². The predicted octanol–water partition coefficient (Wildman–Crippen LogP) is 2.92. The van der Waals surface area contributed by atoms with Crippen LogP contribution in [0.4, 0.5) is 5.69 Å². The van der Waals surface area contributed by atoms with Crippen molar-refractivity contribution < 1.29 is 9.53 Å². The summed E-state index contributed by atoms with van der Waals surface area (Å²) in [6.07, 6.45) is 1.36. The minimum Gasteiger partial charge on any atom is -0.486 e. The highest BCUT2D eigenvalue weighted by atomic mass is 32.1. The molecule has 0 saturated carbocycles. The zero-order valence-electron chi connectivity index (χ0n) is 10.6. The normalized spacial score (nSPS) is 13.8. The van der Waals surface area contributed by atoms with E-state index in [2.05, 4.69) is 10.3 Å². The lowest BCUT2D eigenvalue weighted by molar-refractivity contribution is -0.116. The van der Waals surface area contributed by atoms with Gasteiger partial charge in [0.15, 0.2) is 0 Å². The topological polar surface area (TPSA) is 51.2 Å². The van der Waals surface area contributed by atoms with E-state index in [1.165, 1.54) is 0 Å². The third-order valence-corrected chi connectivity index (χ3v) is 3.95. The molecule has 1 aliphatic heterocycles. The lowest BCUT2D eigenvalue weighted by Gasteiger charge is -2.17. The minimum absolute atomic E-state index is 0.0696. The van der Waals surface area contributed by atoms with Gasteiger partial charge < -0.3 is 10.1 Å². The molecule has 5 heteroatoms. The van der Waals surface area contributed by atoms with Crippen molar-refractivity contribution in [2.24, 2.45) is 0 Å². The number of aryl methyl sites for hydroxylation is 2. The Morgan fingerprint density at radius 3 is 3.11 bits per heavy atom. The highest BCUT2D eigenvalue weighted by Crippen LogP contribution is 2.27. The molecule has 0 radical (unpaired) electrons. The summed E-state index contributed by atoms with van der Waals surface area (Å²) in [5.41, 5.74) is 3.04. The molecule has 3 rings (SSSR count). The van der Waals surface area contributed by atoms with Crippen molar-refractivity contribution in [3.8, 4) is 5.75 Å². The lowest BCUT2D eigenvalue weighted by Crippen LogP contribution is -2.18. The Morgan fingerprint density at radius 2 is 2.32 bits per heavy atom. The van der Waals surface area contributed by atoms with Crippen LogP contribution in [0.3, 0.4) is 0 Å². The molecule has 1 N–H and O–H groups in total. The number of thiazole rings is 1. The van der Waals surface area contributed by atoms with Crippen LogP contribution in [0, 0.1) is 6.92 Å². The number of fused-ring (bicyclic) bond motifs is 1. The Balaban J connectivity index is 1.71. The first kappa shape index (κ1) is 12.2. The Kier molecular flexibility index (Phi) is 3.21.